The standard InChI is InChI=1S/C12H13N3O/c1-16-8-2-3-11-9(6-8)10(7-15-11)12-13-4-5-14-12/h2-3,6-7,15H,4-5H2,1H3,(H,13,14). The molecule has 1 aliphatic heterocycles. The first-order chi connectivity index (χ1) is 7.88. The fraction of sp³-hybridized carbons (Fsp3) is 0.250. The number of benzene rings is 1. The van der Waals surface area contributed by atoms with Crippen LogP contribution in [0.15, 0.2) is 29.4 Å². The van der Waals surface area contributed by atoms with Crippen molar-refractivity contribution in [3.63, 3.8) is 0 Å². The minimum atomic E-state index is 0.853. The lowest BCUT2D eigenvalue weighted by Gasteiger charge is -2.02. The maximum Gasteiger partial charge on any atom is 0.130 e. The summed E-state index contributed by atoms with van der Waals surface area (Å²) in [6, 6.07) is 6.00. The summed E-state index contributed by atoms with van der Waals surface area (Å²) in [5.41, 5.74) is 2.22. The number of ether oxygens (including phenoxy) is 1. The molecule has 4 heteroatoms. The van der Waals surface area contributed by atoms with Gasteiger partial charge in [0.2, 0.25) is 0 Å². The van der Waals surface area contributed by atoms with Gasteiger partial charge in [0.15, 0.2) is 0 Å². The number of nitrogens with zero attached hydrogens (tertiary/aromatic N) is 1. The van der Waals surface area contributed by atoms with E-state index in [1.165, 1.54) is 0 Å². The van der Waals surface area contributed by atoms with Gasteiger partial charge in [-0.3, -0.25) is 4.99 Å². The van der Waals surface area contributed by atoms with Crippen LogP contribution in [0.25, 0.3) is 10.9 Å². The van der Waals surface area contributed by atoms with Crippen molar-refractivity contribution in [1.29, 1.82) is 0 Å². The molecule has 82 valence electrons. The summed E-state index contributed by atoms with van der Waals surface area (Å²) in [7, 11) is 1.68. The van der Waals surface area contributed by atoms with Gasteiger partial charge in [0.25, 0.3) is 0 Å². The van der Waals surface area contributed by atoms with Gasteiger partial charge in [-0.15, -0.1) is 0 Å². The van der Waals surface area contributed by atoms with E-state index in [0.717, 1.165) is 41.1 Å². The van der Waals surface area contributed by atoms with Crippen molar-refractivity contribution < 1.29 is 4.74 Å². The minimum Gasteiger partial charge on any atom is -0.497 e. The van der Waals surface area contributed by atoms with Crippen LogP contribution >= 0.6 is 0 Å². The van der Waals surface area contributed by atoms with Gasteiger partial charge in [-0.05, 0) is 18.2 Å². The molecule has 2 heterocycles. The summed E-state index contributed by atoms with van der Waals surface area (Å²) in [5, 5.41) is 4.42. The molecule has 0 radical (unpaired) electrons. The van der Waals surface area contributed by atoms with Crippen molar-refractivity contribution in [1.82, 2.24) is 10.3 Å². The van der Waals surface area contributed by atoms with Crippen molar-refractivity contribution in [3.05, 3.63) is 30.0 Å². The Kier molecular flexibility index (Phi) is 2.06. The second-order valence-electron chi connectivity index (χ2n) is 3.77. The molecule has 16 heavy (non-hydrogen) atoms. The van der Waals surface area contributed by atoms with E-state index in [2.05, 4.69) is 15.3 Å². The molecule has 0 fully saturated rings. The summed E-state index contributed by atoms with van der Waals surface area (Å²) in [4.78, 5) is 7.67. The largest absolute Gasteiger partial charge is 0.497 e. The molecule has 0 saturated heterocycles. The Hall–Kier alpha value is -1.97. The molecule has 0 aliphatic carbocycles. The zero-order valence-corrected chi connectivity index (χ0v) is 9.08. The van der Waals surface area contributed by atoms with E-state index in [4.69, 9.17) is 4.74 Å². The van der Waals surface area contributed by atoms with Gasteiger partial charge in [0.05, 0.1) is 13.7 Å². The normalized spacial score (nSPS) is 14.9. The summed E-state index contributed by atoms with van der Waals surface area (Å²) in [5.74, 6) is 1.84. The molecular formula is C12H13N3O. The summed E-state index contributed by atoms with van der Waals surface area (Å²) in [6.07, 6.45) is 1.99. The van der Waals surface area contributed by atoms with Crippen LogP contribution in [0.3, 0.4) is 0 Å². The Labute approximate surface area is 93.3 Å². The SMILES string of the molecule is COc1ccc2[nH]cc(C3=NCCN3)c2c1. The number of rotatable bonds is 2. The molecule has 4 nitrogen and oxygen atoms in total. The van der Waals surface area contributed by atoms with Gasteiger partial charge < -0.3 is 15.0 Å². The molecule has 0 spiro atoms. The Morgan fingerprint density at radius 1 is 1.38 bits per heavy atom. The Bertz CT molecular complexity index is 556. The molecule has 0 bridgehead atoms. The molecule has 1 aromatic carbocycles. The number of hydrogen-bond donors (Lipinski definition) is 2. The number of amidine groups is 1. The maximum absolute atomic E-state index is 5.24. The smallest absolute Gasteiger partial charge is 0.130 e. The first kappa shape index (κ1) is 9.27. The van der Waals surface area contributed by atoms with Gasteiger partial charge >= 0.3 is 0 Å². The predicted molar refractivity (Wildman–Crippen MR) is 64.3 cm³/mol. The highest BCUT2D eigenvalue weighted by Crippen LogP contribution is 2.24. The number of hydrogen-bond acceptors (Lipinski definition) is 3. The van der Waals surface area contributed by atoms with Gasteiger partial charge in [-0.25, -0.2) is 0 Å². The van der Waals surface area contributed by atoms with Crippen LogP contribution in [0.2, 0.25) is 0 Å². The number of aromatic amines is 1. The molecule has 2 N–H and O–H groups in total. The molecule has 1 aliphatic rings. The average Bonchev–Trinajstić information content (AvgIpc) is 2.96. The Balaban J connectivity index is 2.17. The van der Waals surface area contributed by atoms with Crippen LogP contribution < -0.4 is 10.1 Å². The number of aromatic nitrogens is 1. The van der Waals surface area contributed by atoms with Gasteiger partial charge in [0, 0.05) is 29.2 Å². The van der Waals surface area contributed by atoms with Crippen molar-refractivity contribution >= 4 is 16.7 Å². The molecule has 3 rings (SSSR count). The monoisotopic (exact) mass is 215 g/mol. The highest BCUT2D eigenvalue weighted by atomic mass is 16.5. The summed E-state index contributed by atoms with van der Waals surface area (Å²) < 4.78 is 5.24. The zero-order valence-electron chi connectivity index (χ0n) is 9.08. The van der Waals surface area contributed by atoms with Crippen molar-refractivity contribution in [3.8, 4) is 5.75 Å². The second-order valence-corrected chi connectivity index (χ2v) is 3.77. The quantitative estimate of drug-likeness (QED) is 0.798. The number of methoxy groups -OCH3 is 1. The van der Waals surface area contributed by atoms with Crippen molar-refractivity contribution in [2.24, 2.45) is 4.99 Å². The van der Waals surface area contributed by atoms with Gasteiger partial charge in [-0.1, -0.05) is 0 Å². The molecule has 1 aromatic heterocycles. The molecule has 0 unspecified atom stereocenters. The van der Waals surface area contributed by atoms with Crippen LogP contribution in [-0.4, -0.2) is 31.0 Å². The third kappa shape index (κ3) is 1.34. The highest BCUT2D eigenvalue weighted by molar-refractivity contribution is 6.10. The van der Waals surface area contributed by atoms with Crippen molar-refractivity contribution in [2.45, 2.75) is 0 Å². The van der Waals surface area contributed by atoms with Gasteiger partial charge in [0.1, 0.15) is 11.6 Å². The average molecular weight is 215 g/mol. The van der Waals surface area contributed by atoms with Crippen LogP contribution in [0.4, 0.5) is 0 Å². The second kappa shape index (κ2) is 3.56. The Morgan fingerprint density at radius 3 is 3.06 bits per heavy atom. The predicted octanol–water partition coefficient (Wildman–Crippen LogP) is 1.53. The number of fused-ring (bicyclic) bond motifs is 1. The van der Waals surface area contributed by atoms with Crippen LogP contribution in [-0.2, 0) is 0 Å². The lowest BCUT2D eigenvalue weighted by atomic mass is 10.1. The molecule has 0 saturated carbocycles. The highest BCUT2D eigenvalue weighted by Gasteiger charge is 2.13. The Morgan fingerprint density at radius 2 is 2.31 bits per heavy atom. The number of aliphatic imine (C=N–C) groups is 1. The first-order valence-electron chi connectivity index (χ1n) is 5.32. The summed E-state index contributed by atoms with van der Waals surface area (Å²) in [6.45, 7) is 1.78. The van der Waals surface area contributed by atoms with E-state index in [1.54, 1.807) is 7.11 Å². The minimum absolute atomic E-state index is 0.853. The molecule has 2 aromatic rings. The topological polar surface area (TPSA) is 49.4 Å². The fourth-order valence-electron chi connectivity index (χ4n) is 2.00. The lowest BCUT2D eigenvalue weighted by Crippen LogP contribution is -2.18. The zero-order chi connectivity index (χ0) is 11.0. The molecule has 0 atom stereocenters. The maximum atomic E-state index is 5.24. The van der Waals surface area contributed by atoms with Gasteiger partial charge in [-0.2, -0.15) is 0 Å². The third-order valence-electron chi connectivity index (χ3n) is 2.82. The van der Waals surface area contributed by atoms with Crippen LogP contribution in [0, 0.1) is 0 Å². The van der Waals surface area contributed by atoms with E-state index in [0.29, 0.717) is 0 Å². The third-order valence-corrected chi connectivity index (χ3v) is 2.82. The molecular weight excluding hydrogens is 202 g/mol. The van der Waals surface area contributed by atoms with E-state index < -0.39 is 0 Å². The summed E-state index contributed by atoms with van der Waals surface area (Å²) >= 11 is 0. The lowest BCUT2D eigenvalue weighted by molar-refractivity contribution is 0.415. The van der Waals surface area contributed by atoms with Crippen LogP contribution in [0.1, 0.15) is 5.56 Å². The van der Waals surface area contributed by atoms with Crippen LogP contribution in [0.5, 0.6) is 5.75 Å². The van der Waals surface area contributed by atoms with Crippen molar-refractivity contribution in [2.75, 3.05) is 20.2 Å². The fourth-order valence-corrected chi connectivity index (χ4v) is 2.00. The van der Waals surface area contributed by atoms with E-state index in [1.807, 2.05) is 24.4 Å². The molecule has 0 amide bonds. The number of nitrogens with one attached hydrogen (secondary N) is 2. The van der Waals surface area contributed by atoms with E-state index in [9.17, 15) is 0 Å². The first-order valence-corrected chi connectivity index (χ1v) is 5.32. The van der Waals surface area contributed by atoms with E-state index >= 15 is 0 Å². The van der Waals surface area contributed by atoms with E-state index in [-0.39, 0.29) is 0 Å². The number of H-pyrrole nitrogens is 1.